The molecule has 0 radical (unpaired) electrons. The van der Waals surface area contributed by atoms with Gasteiger partial charge in [-0.25, -0.2) is 9.37 Å². The number of pyridine rings is 1. The molecule has 39 heavy (non-hydrogen) atoms. The van der Waals surface area contributed by atoms with Gasteiger partial charge < -0.3 is 29.3 Å². The molecule has 6 rings (SSSR count). The van der Waals surface area contributed by atoms with E-state index in [2.05, 4.69) is 29.0 Å². The molecule has 5 heterocycles. The fraction of sp³-hybridized carbons (Fsp3) is 0.552. The number of rotatable bonds is 6. The second-order valence-electron chi connectivity index (χ2n) is 10.7. The van der Waals surface area contributed by atoms with Gasteiger partial charge in [0.2, 0.25) is 5.95 Å². The van der Waals surface area contributed by atoms with Crippen LogP contribution in [0.2, 0.25) is 0 Å². The first-order chi connectivity index (χ1) is 19.1. The first kappa shape index (κ1) is 26.3. The van der Waals surface area contributed by atoms with E-state index in [1.165, 1.54) is 6.07 Å². The van der Waals surface area contributed by atoms with E-state index in [9.17, 15) is 4.39 Å². The van der Waals surface area contributed by atoms with Gasteiger partial charge in [0.05, 0.1) is 49.6 Å². The van der Waals surface area contributed by atoms with Crippen molar-refractivity contribution >= 4 is 22.8 Å². The second kappa shape index (κ2) is 11.7. The highest BCUT2D eigenvalue weighted by Crippen LogP contribution is 2.31. The highest BCUT2D eigenvalue weighted by atomic mass is 19.1. The van der Waals surface area contributed by atoms with E-state index in [1.807, 2.05) is 18.2 Å². The zero-order chi connectivity index (χ0) is 26.8. The molecule has 0 bridgehead atoms. The molecular formula is C29H37FN6O3. The van der Waals surface area contributed by atoms with Crippen LogP contribution < -0.4 is 15.1 Å². The average molecular weight is 537 g/mol. The van der Waals surface area contributed by atoms with Gasteiger partial charge >= 0.3 is 0 Å². The number of anilines is 2. The van der Waals surface area contributed by atoms with Crippen molar-refractivity contribution in [3.8, 4) is 11.3 Å². The molecule has 0 saturated carbocycles. The lowest BCUT2D eigenvalue weighted by Crippen LogP contribution is -2.46. The molecule has 2 aromatic heterocycles. The number of hydrogen-bond acceptors (Lipinski definition) is 9. The number of aromatic nitrogens is 3. The van der Waals surface area contributed by atoms with Gasteiger partial charge in [-0.15, -0.1) is 0 Å². The molecule has 1 aromatic carbocycles. The van der Waals surface area contributed by atoms with Gasteiger partial charge in [-0.1, -0.05) is 0 Å². The van der Waals surface area contributed by atoms with Crippen molar-refractivity contribution in [2.24, 2.45) is 0 Å². The molecule has 3 fully saturated rings. The van der Waals surface area contributed by atoms with Crippen molar-refractivity contribution < 1.29 is 18.6 Å². The summed E-state index contributed by atoms with van der Waals surface area (Å²) in [6.07, 6.45) is 1.89. The molecule has 0 amide bonds. The number of ether oxygens (including phenoxy) is 3. The molecule has 2 atom stereocenters. The number of hydrogen-bond donors (Lipinski definition) is 1. The first-order valence-electron chi connectivity index (χ1n) is 14.0. The molecule has 10 heteroatoms. The van der Waals surface area contributed by atoms with Crippen molar-refractivity contribution in [3.05, 3.63) is 41.7 Å². The lowest BCUT2D eigenvalue weighted by molar-refractivity contribution is 0.0775. The van der Waals surface area contributed by atoms with E-state index in [0.717, 1.165) is 61.6 Å². The normalized spacial score (nSPS) is 22.9. The molecule has 3 saturated heterocycles. The summed E-state index contributed by atoms with van der Waals surface area (Å²) in [5.74, 6) is 1.33. The largest absolute Gasteiger partial charge is 0.381 e. The third-order valence-corrected chi connectivity index (χ3v) is 7.94. The maximum Gasteiger partial charge on any atom is 0.229 e. The van der Waals surface area contributed by atoms with Crippen LogP contribution in [0.4, 0.5) is 16.2 Å². The summed E-state index contributed by atoms with van der Waals surface area (Å²) in [7, 11) is 0. The number of nitrogens with zero attached hydrogens (tertiary/aromatic N) is 5. The predicted octanol–water partition coefficient (Wildman–Crippen LogP) is 3.55. The summed E-state index contributed by atoms with van der Waals surface area (Å²) in [5, 5.41) is 4.39. The third-order valence-electron chi connectivity index (χ3n) is 7.94. The van der Waals surface area contributed by atoms with Gasteiger partial charge in [0.15, 0.2) is 5.65 Å². The summed E-state index contributed by atoms with van der Waals surface area (Å²) < 4.78 is 31.5. The standard InChI is InChI=1S/C29H37FN6O3/c1-19-17-38-13-9-35(19)28-24-4-6-26(32-27(24)33-29(34-28)36-10-14-39-18-20(36)2)21-3-5-25(30)22(15-21)16-31-23-7-11-37-12-8-23/h3-6,15,19-20,23,31H,7-14,16-18H2,1-2H3/t19-,20-/m0/s1. The number of nitrogens with one attached hydrogen (secondary N) is 1. The number of morpholine rings is 2. The zero-order valence-electron chi connectivity index (χ0n) is 22.7. The van der Waals surface area contributed by atoms with E-state index in [1.54, 1.807) is 6.07 Å². The van der Waals surface area contributed by atoms with Crippen LogP contribution in [0.3, 0.4) is 0 Å². The minimum absolute atomic E-state index is 0.164. The topological polar surface area (TPSA) is 84.9 Å². The minimum atomic E-state index is -0.214. The van der Waals surface area contributed by atoms with Crippen LogP contribution in [0.5, 0.6) is 0 Å². The predicted molar refractivity (Wildman–Crippen MR) is 149 cm³/mol. The van der Waals surface area contributed by atoms with Gasteiger partial charge in [-0.2, -0.15) is 9.97 Å². The van der Waals surface area contributed by atoms with Crippen LogP contribution in [0.25, 0.3) is 22.3 Å². The molecule has 9 nitrogen and oxygen atoms in total. The lowest BCUT2D eigenvalue weighted by atomic mass is 10.0. The summed E-state index contributed by atoms with van der Waals surface area (Å²) in [6, 6.07) is 9.95. The Hall–Kier alpha value is -2.92. The molecular weight excluding hydrogens is 499 g/mol. The Morgan fingerprint density at radius 3 is 2.36 bits per heavy atom. The molecule has 0 unspecified atom stereocenters. The Morgan fingerprint density at radius 2 is 1.62 bits per heavy atom. The Bertz CT molecular complexity index is 1300. The fourth-order valence-corrected chi connectivity index (χ4v) is 5.58. The SMILES string of the molecule is C[C@H]1COCCN1c1nc(N2CCOC[C@@H]2C)c2ccc(-c3ccc(F)c(CNC4CCOCC4)c3)nc2n1. The number of halogens is 1. The quantitative estimate of drug-likeness (QED) is 0.508. The Kier molecular flexibility index (Phi) is 7.87. The third kappa shape index (κ3) is 5.70. The van der Waals surface area contributed by atoms with Crippen molar-refractivity contribution in [1.29, 1.82) is 0 Å². The summed E-state index contributed by atoms with van der Waals surface area (Å²) in [5.41, 5.74) is 2.89. The van der Waals surface area contributed by atoms with Crippen molar-refractivity contribution in [1.82, 2.24) is 20.3 Å². The summed E-state index contributed by atoms with van der Waals surface area (Å²) in [4.78, 5) is 19.5. The van der Waals surface area contributed by atoms with E-state index in [0.29, 0.717) is 56.2 Å². The molecule has 0 spiro atoms. The summed E-state index contributed by atoms with van der Waals surface area (Å²) in [6.45, 7) is 10.3. The van der Waals surface area contributed by atoms with Crippen molar-refractivity contribution in [3.63, 3.8) is 0 Å². The number of benzene rings is 1. The molecule has 3 aliphatic rings. The first-order valence-corrected chi connectivity index (χ1v) is 14.0. The van der Waals surface area contributed by atoms with Crippen LogP contribution in [0, 0.1) is 5.82 Å². The van der Waals surface area contributed by atoms with Crippen LogP contribution >= 0.6 is 0 Å². The Balaban J connectivity index is 1.36. The van der Waals surface area contributed by atoms with E-state index < -0.39 is 0 Å². The van der Waals surface area contributed by atoms with Crippen molar-refractivity contribution in [2.45, 2.75) is 51.4 Å². The molecule has 3 aromatic rings. The van der Waals surface area contributed by atoms with Gasteiger partial charge in [0.25, 0.3) is 0 Å². The molecule has 208 valence electrons. The smallest absolute Gasteiger partial charge is 0.229 e. The van der Waals surface area contributed by atoms with Crippen LogP contribution in [-0.4, -0.2) is 85.8 Å². The van der Waals surface area contributed by atoms with Crippen LogP contribution in [0.1, 0.15) is 32.3 Å². The van der Waals surface area contributed by atoms with Crippen LogP contribution in [-0.2, 0) is 20.8 Å². The van der Waals surface area contributed by atoms with Gasteiger partial charge in [0.1, 0.15) is 11.6 Å². The fourth-order valence-electron chi connectivity index (χ4n) is 5.58. The highest BCUT2D eigenvalue weighted by Gasteiger charge is 2.27. The van der Waals surface area contributed by atoms with E-state index >= 15 is 0 Å². The molecule has 0 aliphatic carbocycles. The van der Waals surface area contributed by atoms with E-state index in [-0.39, 0.29) is 17.9 Å². The zero-order valence-corrected chi connectivity index (χ0v) is 22.7. The maximum absolute atomic E-state index is 14.7. The van der Waals surface area contributed by atoms with Crippen molar-refractivity contribution in [2.75, 3.05) is 62.5 Å². The number of fused-ring (bicyclic) bond motifs is 1. The second-order valence-corrected chi connectivity index (χ2v) is 10.7. The van der Waals surface area contributed by atoms with Gasteiger partial charge in [-0.3, -0.25) is 0 Å². The van der Waals surface area contributed by atoms with Gasteiger partial charge in [0, 0.05) is 50.0 Å². The van der Waals surface area contributed by atoms with E-state index in [4.69, 9.17) is 29.2 Å². The minimum Gasteiger partial charge on any atom is -0.381 e. The summed E-state index contributed by atoms with van der Waals surface area (Å²) >= 11 is 0. The maximum atomic E-state index is 14.7. The lowest BCUT2D eigenvalue weighted by Gasteiger charge is -2.37. The van der Waals surface area contributed by atoms with Crippen LogP contribution in [0.15, 0.2) is 30.3 Å². The Morgan fingerprint density at radius 1 is 0.872 bits per heavy atom. The highest BCUT2D eigenvalue weighted by molar-refractivity contribution is 5.90. The monoisotopic (exact) mass is 536 g/mol. The Labute approximate surface area is 228 Å². The molecule has 1 N–H and O–H groups in total. The average Bonchev–Trinajstić information content (AvgIpc) is 2.97. The van der Waals surface area contributed by atoms with Gasteiger partial charge in [-0.05, 0) is 57.0 Å². The molecule has 3 aliphatic heterocycles.